The van der Waals surface area contributed by atoms with Crippen LogP contribution in [-0.2, 0) is 16.5 Å². The number of amides is 1. The number of hydrogen-bond acceptors (Lipinski definition) is 4. The summed E-state index contributed by atoms with van der Waals surface area (Å²) >= 11 is 0. The number of carbonyl (C=O) groups is 1. The predicted octanol–water partition coefficient (Wildman–Crippen LogP) is 0.386. The molecule has 0 aromatic carbocycles. The highest BCUT2D eigenvalue weighted by Crippen LogP contribution is 2.11. The van der Waals surface area contributed by atoms with Gasteiger partial charge in [-0.1, -0.05) is 0 Å². The molecule has 6 nitrogen and oxygen atoms in total. The van der Waals surface area contributed by atoms with Gasteiger partial charge in [-0.3, -0.25) is 9.48 Å². The van der Waals surface area contributed by atoms with Crippen molar-refractivity contribution < 1.29 is 14.3 Å². The zero-order chi connectivity index (χ0) is 13.0. The molecule has 1 aromatic heterocycles. The van der Waals surface area contributed by atoms with Crippen LogP contribution in [-0.4, -0.2) is 42.7 Å². The maximum Gasteiger partial charge on any atom is 0.255 e. The standard InChI is InChI=1S/C11H19N3O3/c1-7-10(8(2)14(3)13-7)11(15)12-6-9(16-4)17-5/h9H,6H2,1-5H3,(H,12,15). The zero-order valence-corrected chi connectivity index (χ0v) is 10.9. The molecule has 0 atom stereocenters. The van der Waals surface area contributed by atoms with Crippen LogP contribution in [0.15, 0.2) is 0 Å². The molecule has 1 heterocycles. The Balaban J connectivity index is 2.70. The van der Waals surface area contributed by atoms with Gasteiger partial charge in [0, 0.05) is 27.0 Å². The van der Waals surface area contributed by atoms with Gasteiger partial charge in [0.25, 0.3) is 5.91 Å². The van der Waals surface area contributed by atoms with Crippen LogP contribution in [0.4, 0.5) is 0 Å². The average molecular weight is 241 g/mol. The summed E-state index contributed by atoms with van der Waals surface area (Å²) in [5, 5.41) is 6.95. The summed E-state index contributed by atoms with van der Waals surface area (Å²) in [7, 11) is 4.87. The Kier molecular flexibility index (Phi) is 4.65. The van der Waals surface area contributed by atoms with Crippen molar-refractivity contribution in [3.8, 4) is 0 Å². The van der Waals surface area contributed by atoms with E-state index in [9.17, 15) is 4.79 Å². The molecule has 1 rings (SSSR count). The van der Waals surface area contributed by atoms with Crippen LogP contribution in [0, 0.1) is 13.8 Å². The number of methoxy groups -OCH3 is 2. The second kappa shape index (κ2) is 5.79. The van der Waals surface area contributed by atoms with Gasteiger partial charge < -0.3 is 14.8 Å². The fourth-order valence-electron chi connectivity index (χ4n) is 1.63. The summed E-state index contributed by atoms with van der Waals surface area (Å²) < 4.78 is 11.7. The van der Waals surface area contributed by atoms with Gasteiger partial charge in [0.15, 0.2) is 6.29 Å². The molecule has 0 radical (unpaired) electrons. The van der Waals surface area contributed by atoms with E-state index in [-0.39, 0.29) is 5.91 Å². The van der Waals surface area contributed by atoms with Crippen molar-refractivity contribution in [3.05, 3.63) is 17.0 Å². The first kappa shape index (κ1) is 13.7. The van der Waals surface area contributed by atoms with E-state index in [0.717, 1.165) is 5.69 Å². The van der Waals surface area contributed by atoms with Crippen molar-refractivity contribution in [2.75, 3.05) is 20.8 Å². The molecule has 96 valence electrons. The molecule has 0 aliphatic rings. The second-order valence-corrected chi connectivity index (χ2v) is 3.78. The Morgan fingerprint density at radius 1 is 1.41 bits per heavy atom. The van der Waals surface area contributed by atoms with Crippen molar-refractivity contribution in [3.63, 3.8) is 0 Å². The van der Waals surface area contributed by atoms with Gasteiger partial charge in [0.2, 0.25) is 0 Å². The number of ether oxygens (including phenoxy) is 2. The molecule has 6 heteroatoms. The normalized spacial score (nSPS) is 10.9. The quantitative estimate of drug-likeness (QED) is 0.757. The number of aromatic nitrogens is 2. The number of rotatable bonds is 5. The van der Waals surface area contributed by atoms with Crippen LogP contribution in [0.5, 0.6) is 0 Å². The fraction of sp³-hybridized carbons (Fsp3) is 0.636. The highest BCUT2D eigenvalue weighted by molar-refractivity contribution is 5.96. The highest BCUT2D eigenvalue weighted by Gasteiger charge is 2.18. The molecule has 0 bridgehead atoms. The molecular weight excluding hydrogens is 222 g/mol. The van der Waals surface area contributed by atoms with Crippen LogP contribution in [0.2, 0.25) is 0 Å². The van der Waals surface area contributed by atoms with Gasteiger partial charge in [-0.25, -0.2) is 0 Å². The third-order valence-corrected chi connectivity index (χ3v) is 2.69. The summed E-state index contributed by atoms with van der Waals surface area (Å²) in [5.74, 6) is -0.160. The SMILES string of the molecule is COC(CNC(=O)c1c(C)nn(C)c1C)OC. The zero-order valence-electron chi connectivity index (χ0n) is 10.9. The monoisotopic (exact) mass is 241 g/mol. The molecule has 0 aliphatic heterocycles. The minimum absolute atomic E-state index is 0.160. The Morgan fingerprint density at radius 2 is 2.00 bits per heavy atom. The minimum atomic E-state index is -0.434. The number of hydrogen-bond donors (Lipinski definition) is 1. The van der Waals surface area contributed by atoms with E-state index in [1.165, 1.54) is 14.2 Å². The van der Waals surface area contributed by atoms with E-state index < -0.39 is 6.29 Å². The molecular formula is C11H19N3O3. The largest absolute Gasteiger partial charge is 0.354 e. The van der Waals surface area contributed by atoms with Gasteiger partial charge in [-0.2, -0.15) is 5.10 Å². The van der Waals surface area contributed by atoms with Crippen LogP contribution < -0.4 is 5.32 Å². The van der Waals surface area contributed by atoms with Crippen LogP contribution in [0.1, 0.15) is 21.7 Å². The van der Waals surface area contributed by atoms with Gasteiger partial charge in [0.1, 0.15) is 0 Å². The van der Waals surface area contributed by atoms with E-state index >= 15 is 0 Å². The van der Waals surface area contributed by atoms with Crippen molar-refractivity contribution in [1.82, 2.24) is 15.1 Å². The first-order chi connectivity index (χ1) is 8.01. The minimum Gasteiger partial charge on any atom is -0.354 e. The lowest BCUT2D eigenvalue weighted by molar-refractivity contribution is -0.0974. The van der Waals surface area contributed by atoms with Crippen molar-refractivity contribution in [2.24, 2.45) is 7.05 Å². The molecule has 0 fully saturated rings. The third kappa shape index (κ3) is 3.04. The first-order valence-corrected chi connectivity index (χ1v) is 5.35. The summed E-state index contributed by atoms with van der Waals surface area (Å²) in [6.07, 6.45) is -0.434. The van der Waals surface area contributed by atoms with Crippen LogP contribution in [0.3, 0.4) is 0 Å². The van der Waals surface area contributed by atoms with Gasteiger partial charge >= 0.3 is 0 Å². The molecule has 1 aromatic rings. The van der Waals surface area contributed by atoms with Gasteiger partial charge in [-0.15, -0.1) is 0 Å². The Morgan fingerprint density at radius 3 is 2.41 bits per heavy atom. The van der Waals surface area contributed by atoms with E-state index in [1.807, 2.05) is 20.9 Å². The topological polar surface area (TPSA) is 65.4 Å². The average Bonchev–Trinajstić information content (AvgIpc) is 2.54. The van der Waals surface area contributed by atoms with Crippen LogP contribution in [0.25, 0.3) is 0 Å². The lowest BCUT2D eigenvalue weighted by Crippen LogP contribution is -2.34. The lowest BCUT2D eigenvalue weighted by Gasteiger charge is -2.14. The van der Waals surface area contributed by atoms with E-state index in [4.69, 9.17) is 9.47 Å². The molecule has 0 unspecified atom stereocenters. The summed E-state index contributed by atoms with van der Waals surface area (Å²) in [6, 6.07) is 0. The number of carbonyl (C=O) groups excluding carboxylic acids is 1. The van der Waals surface area contributed by atoms with E-state index in [1.54, 1.807) is 4.68 Å². The van der Waals surface area contributed by atoms with Crippen molar-refractivity contribution in [1.29, 1.82) is 0 Å². The molecule has 0 spiro atoms. The Labute approximate surface area is 101 Å². The maximum absolute atomic E-state index is 12.0. The summed E-state index contributed by atoms with van der Waals surface area (Å²) in [5.41, 5.74) is 2.17. The van der Waals surface area contributed by atoms with E-state index in [0.29, 0.717) is 17.8 Å². The van der Waals surface area contributed by atoms with Crippen molar-refractivity contribution in [2.45, 2.75) is 20.1 Å². The van der Waals surface area contributed by atoms with E-state index in [2.05, 4.69) is 10.4 Å². The fourth-order valence-corrected chi connectivity index (χ4v) is 1.63. The molecule has 17 heavy (non-hydrogen) atoms. The molecule has 1 N–H and O–H groups in total. The lowest BCUT2D eigenvalue weighted by atomic mass is 10.2. The molecule has 1 amide bonds. The molecule has 0 saturated heterocycles. The smallest absolute Gasteiger partial charge is 0.255 e. The predicted molar refractivity (Wildman–Crippen MR) is 62.8 cm³/mol. The first-order valence-electron chi connectivity index (χ1n) is 5.35. The molecule has 0 aliphatic carbocycles. The van der Waals surface area contributed by atoms with Crippen LogP contribution >= 0.6 is 0 Å². The third-order valence-electron chi connectivity index (χ3n) is 2.69. The molecule has 0 saturated carbocycles. The number of nitrogens with one attached hydrogen (secondary N) is 1. The van der Waals surface area contributed by atoms with Gasteiger partial charge in [-0.05, 0) is 13.8 Å². The number of aryl methyl sites for hydroxylation is 2. The summed E-state index contributed by atoms with van der Waals surface area (Å²) in [4.78, 5) is 12.0. The maximum atomic E-state index is 12.0. The highest BCUT2D eigenvalue weighted by atomic mass is 16.7. The number of nitrogens with zero attached hydrogens (tertiary/aromatic N) is 2. The Hall–Kier alpha value is -1.40. The summed E-state index contributed by atoms with van der Waals surface area (Å²) in [6.45, 7) is 3.98. The second-order valence-electron chi connectivity index (χ2n) is 3.78. The van der Waals surface area contributed by atoms with Gasteiger partial charge in [0.05, 0.1) is 17.8 Å². The Bertz CT molecular complexity index is 397. The van der Waals surface area contributed by atoms with Crippen molar-refractivity contribution >= 4 is 5.91 Å².